The first-order valence-electron chi connectivity index (χ1n) is 6.84. The first kappa shape index (κ1) is 15.5. The van der Waals surface area contributed by atoms with Crippen molar-refractivity contribution < 1.29 is 4.74 Å². The van der Waals surface area contributed by atoms with Gasteiger partial charge in [0.25, 0.3) is 0 Å². The Hall–Kier alpha value is -1.85. The van der Waals surface area contributed by atoms with Crippen LogP contribution in [-0.4, -0.2) is 27.7 Å². The van der Waals surface area contributed by atoms with Gasteiger partial charge in [0.15, 0.2) is 0 Å². The Morgan fingerprint density at radius 2 is 1.76 bits per heavy atom. The number of hydrogen-bond acceptors (Lipinski definition) is 2. The first-order valence-corrected chi connectivity index (χ1v) is 8.55. The van der Waals surface area contributed by atoms with Crippen molar-refractivity contribution in [1.29, 1.82) is 5.26 Å². The van der Waals surface area contributed by atoms with Crippen molar-refractivity contribution in [2.75, 3.05) is 6.61 Å². The summed E-state index contributed by atoms with van der Waals surface area (Å²) in [5.41, 5.74) is 1.10. The number of hydrogen-bond donors (Lipinski definition) is 0. The van der Waals surface area contributed by atoms with E-state index in [9.17, 15) is 5.26 Å². The van der Waals surface area contributed by atoms with Crippen LogP contribution in [0.3, 0.4) is 0 Å². The number of benzene rings is 2. The van der Waals surface area contributed by atoms with Gasteiger partial charge in [-0.1, -0.05) is 0 Å². The predicted octanol–water partition coefficient (Wildman–Crippen LogP) is 2.99. The van der Waals surface area contributed by atoms with Gasteiger partial charge in [0, 0.05) is 0 Å². The van der Waals surface area contributed by atoms with E-state index < -0.39 is 6.10 Å². The monoisotopic (exact) mass is 343 g/mol. The molecule has 2 aromatic carbocycles. The molecule has 0 radical (unpaired) electrons. The Morgan fingerprint density at radius 1 is 1.14 bits per heavy atom. The molecule has 1 unspecified atom stereocenters. The summed E-state index contributed by atoms with van der Waals surface area (Å²) in [6.45, 7) is 2.45. The van der Waals surface area contributed by atoms with Crippen LogP contribution in [0.5, 0.6) is 0 Å². The van der Waals surface area contributed by atoms with Gasteiger partial charge in [-0.25, -0.2) is 0 Å². The van der Waals surface area contributed by atoms with Gasteiger partial charge in [-0.3, -0.25) is 0 Å². The standard InChI is InChI=1S/C18H17NOSe/c1-2-20-17(14-19)18(13-15-9-5-3-6-10-15)21-16-11-7-4-8-12-16/h3-13,17H,2H2,1H3/b18-13-. The fraction of sp³-hybridized carbons (Fsp3) is 0.167. The molecule has 0 N–H and O–H groups in total. The van der Waals surface area contributed by atoms with Crippen LogP contribution in [0.15, 0.2) is 65.1 Å². The van der Waals surface area contributed by atoms with Crippen LogP contribution in [0.1, 0.15) is 12.5 Å². The molecule has 2 aromatic rings. The zero-order valence-electron chi connectivity index (χ0n) is 11.9. The van der Waals surface area contributed by atoms with Crippen LogP contribution in [0.2, 0.25) is 0 Å². The van der Waals surface area contributed by atoms with Crippen molar-refractivity contribution in [2.24, 2.45) is 0 Å². The van der Waals surface area contributed by atoms with E-state index in [0.717, 1.165) is 10.0 Å². The predicted molar refractivity (Wildman–Crippen MR) is 87.3 cm³/mol. The SMILES string of the molecule is CCOC(C#N)/C(=C/c1ccccc1)[Se]c1ccccc1. The Morgan fingerprint density at radius 3 is 2.33 bits per heavy atom. The minimum atomic E-state index is -0.476. The maximum atomic E-state index is 9.38. The van der Waals surface area contributed by atoms with Crippen molar-refractivity contribution in [3.63, 3.8) is 0 Å². The van der Waals surface area contributed by atoms with E-state index in [1.165, 1.54) is 4.46 Å². The zero-order chi connectivity index (χ0) is 14.9. The van der Waals surface area contributed by atoms with Gasteiger partial charge in [0.2, 0.25) is 0 Å². The molecular weight excluding hydrogens is 325 g/mol. The number of rotatable bonds is 6. The molecule has 106 valence electrons. The second-order valence-corrected chi connectivity index (χ2v) is 6.74. The van der Waals surface area contributed by atoms with Gasteiger partial charge in [0.05, 0.1) is 0 Å². The number of ether oxygens (including phenoxy) is 1. The molecule has 0 heterocycles. The van der Waals surface area contributed by atoms with Crippen LogP contribution in [0, 0.1) is 11.3 Å². The topological polar surface area (TPSA) is 33.0 Å². The third-order valence-electron chi connectivity index (χ3n) is 2.80. The average molecular weight is 342 g/mol. The van der Waals surface area contributed by atoms with Crippen LogP contribution < -0.4 is 4.46 Å². The van der Waals surface area contributed by atoms with Gasteiger partial charge in [-0.15, -0.1) is 0 Å². The van der Waals surface area contributed by atoms with Crippen LogP contribution in [0.25, 0.3) is 6.08 Å². The molecule has 0 spiro atoms. The van der Waals surface area contributed by atoms with Gasteiger partial charge in [-0.05, 0) is 0 Å². The summed E-state index contributed by atoms with van der Waals surface area (Å²) >= 11 is 0.0761. The Labute approximate surface area is 132 Å². The molecule has 1 atom stereocenters. The molecule has 0 bridgehead atoms. The van der Waals surface area contributed by atoms with E-state index in [-0.39, 0.29) is 15.0 Å². The minimum absolute atomic E-state index is 0.0761. The summed E-state index contributed by atoms with van der Waals surface area (Å²) in [5, 5.41) is 9.38. The van der Waals surface area contributed by atoms with Gasteiger partial charge in [-0.2, -0.15) is 0 Å². The van der Waals surface area contributed by atoms with E-state index in [0.29, 0.717) is 6.61 Å². The van der Waals surface area contributed by atoms with Crippen LogP contribution >= 0.6 is 0 Å². The van der Waals surface area contributed by atoms with Crippen molar-refractivity contribution >= 4 is 25.5 Å². The molecule has 2 rings (SSSR count). The fourth-order valence-corrected chi connectivity index (χ4v) is 3.92. The summed E-state index contributed by atoms with van der Waals surface area (Å²) < 4.78 is 7.87. The number of nitrogens with zero attached hydrogens (tertiary/aromatic N) is 1. The maximum absolute atomic E-state index is 9.38. The second kappa shape index (κ2) is 8.44. The van der Waals surface area contributed by atoms with Crippen molar-refractivity contribution in [2.45, 2.75) is 13.0 Å². The third-order valence-corrected chi connectivity index (χ3v) is 5.05. The van der Waals surface area contributed by atoms with E-state index in [1.54, 1.807) is 0 Å². The second-order valence-electron chi connectivity index (χ2n) is 4.34. The van der Waals surface area contributed by atoms with Gasteiger partial charge in [0.1, 0.15) is 0 Å². The van der Waals surface area contributed by atoms with Crippen molar-refractivity contribution in [3.05, 3.63) is 70.7 Å². The van der Waals surface area contributed by atoms with E-state index >= 15 is 0 Å². The number of nitriles is 1. The molecule has 0 saturated heterocycles. The first-order chi connectivity index (χ1) is 10.3. The van der Waals surface area contributed by atoms with Gasteiger partial charge >= 0.3 is 132 Å². The molecule has 0 aliphatic heterocycles. The molecule has 0 aromatic heterocycles. The molecule has 3 heteroatoms. The van der Waals surface area contributed by atoms with Crippen LogP contribution in [0.4, 0.5) is 0 Å². The quantitative estimate of drug-likeness (QED) is 0.756. The molecule has 0 saturated carbocycles. The van der Waals surface area contributed by atoms with Crippen LogP contribution in [-0.2, 0) is 4.74 Å². The van der Waals surface area contributed by atoms with Crippen molar-refractivity contribution in [1.82, 2.24) is 0 Å². The summed E-state index contributed by atoms with van der Waals surface area (Å²) in [5.74, 6) is 0. The Bertz CT molecular complexity index is 617. The van der Waals surface area contributed by atoms with E-state index in [4.69, 9.17) is 4.74 Å². The Kier molecular flexibility index (Phi) is 6.24. The molecule has 21 heavy (non-hydrogen) atoms. The molecule has 0 aliphatic rings. The molecule has 0 amide bonds. The fourth-order valence-electron chi connectivity index (χ4n) is 1.85. The molecule has 0 aliphatic carbocycles. The summed E-state index contributed by atoms with van der Waals surface area (Å²) in [6, 6.07) is 22.6. The van der Waals surface area contributed by atoms with Crippen molar-refractivity contribution in [3.8, 4) is 6.07 Å². The normalized spacial score (nSPS) is 12.7. The average Bonchev–Trinajstić information content (AvgIpc) is 2.54. The molecular formula is C18H17NOSe. The van der Waals surface area contributed by atoms with E-state index in [1.807, 2.05) is 55.5 Å². The van der Waals surface area contributed by atoms with E-state index in [2.05, 4.69) is 24.3 Å². The summed E-state index contributed by atoms with van der Waals surface area (Å²) in [6.07, 6.45) is 1.60. The summed E-state index contributed by atoms with van der Waals surface area (Å²) in [7, 11) is 0. The zero-order valence-corrected chi connectivity index (χ0v) is 13.6. The molecule has 0 fully saturated rings. The Balaban J connectivity index is 2.30. The molecule has 2 nitrogen and oxygen atoms in total. The third kappa shape index (κ3) is 4.88. The summed E-state index contributed by atoms with van der Waals surface area (Å²) in [4.78, 5) is 0. The van der Waals surface area contributed by atoms with Gasteiger partial charge < -0.3 is 0 Å².